The Labute approximate surface area is 307 Å². The fourth-order valence-corrected chi connectivity index (χ4v) is 5.50. The van der Waals surface area contributed by atoms with Crippen molar-refractivity contribution in [1.29, 1.82) is 0 Å². The van der Waals surface area contributed by atoms with Crippen molar-refractivity contribution in [1.82, 2.24) is 30.4 Å². The van der Waals surface area contributed by atoms with Crippen molar-refractivity contribution >= 4 is 0 Å². The van der Waals surface area contributed by atoms with Crippen LogP contribution in [0.5, 0.6) is 28.7 Å². The fraction of sp³-hybridized carbons (Fsp3) is 0.415. The Morgan fingerprint density at radius 2 is 1.06 bits per heavy atom. The van der Waals surface area contributed by atoms with E-state index in [1.165, 1.54) is 12.8 Å². The van der Waals surface area contributed by atoms with Gasteiger partial charge in [0.2, 0.25) is 0 Å². The normalized spacial score (nSPS) is 11.9. The quantitative estimate of drug-likeness (QED) is 0.0898. The predicted molar refractivity (Wildman–Crippen MR) is 203 cm³/mol. The zero-order valence-corrected chi connectivity index (χ0v) is 31.0. The molecular weight excluding hydrogens is 656 g/mol. The molecule has 0 fully saturated rings. The average Bonchev–Trinajstić information content (AvgIpc) is 3.19. The van der Waals surface area contributed by atoms with E-state index in [-0.39, 0.29) is 23.1 Å². The van der Waals surface area contributed by atoms with Crippen molar-refractivity contribution in [2.45, 2.75) is 79.1 Å². The van der Waals surface area contributed by atoms with Gasteiger partial charge in [0, 0.05) is 17.7 Å². The van der Waals surface area contributed by atoms with Gasteiger partial charge in [-0.15, -0.1) is 10.2 Å². The van der Waals surface area contributed by atoms with Crippen LogP contribution in [0.1, 0.15) is 79.1 Å². The number of hydrogen-bond acceptors (Lipinski definition) is 11. The summed E-state index contributed by atoms with van der Waals surface area (Å²) in [5, 5.41) is 32.3. The van der Waals surface area contributed by atoms with Crippen molar-refractivity contribution in [3.63, 3.8) is 0 Å². The Morgan fingerprint density at radius 3 is 1.42 bits per heavy atom. The van der Waals surface area contributed by atoms with Gasteiger partial charge in [0.1, 0.15) is 28.7 Å². The molecule has 276 valence electrons. The van der Waals surface area contributed by atoms with E-state index in [0.717, 1.165) is 44.1 Å². The smallest absolute Gasteiger partial charge is 0.167 e. The first kappa shape index (κ1) is 39.5. The maximum atomic E-state index is 11.1. The standard InChI is InChI=1S/C38H49N3O5.C3H3N3/c1-6-10-12-26(8-3)24-45-30-18-20-32(34(42)22-30)37-39-36(28-14-16-29(44-5)17-15-28)40-38(41-37)33-21-19-31(23-35(33)43)46-25-27(9-4)13-11-7-2;1-2-4-6-5-3-1/h14-23,26-27,42-43H,6-13,24-25H2,1-5H3;1-3H. The number of hydrogen-bond donors (Lipinski definition) is 2. The molecule has 11 nitrogen and oxygen atoms in total. The lowest BCUT2D eigenvalue weighted by Gasteiger charge is -2.16. The first-order valence-corrected chi connectivity index (χ1v) is 18.3. The monoisotopic (exact) mass is 708 g/mol. The molecule has 2 atom stereocenters. The second-order valence-electron chi connectivity index (χ2n) is 12.7. The van der Waals surface area contributed by atoms with Crippen LogP contribution in [0.15, 0.2) is 79.1 Å². The van der Waals surface area contributed by atoms with E-state index < -0.39 is 0 Å². The van der Waals surface area contributed by atoms with E-state index in [2.05, 4.69) is 43.1 Å². The average molecular weight is 709 g/mol. The number of aromatic nitrogens is 6. The highest BCUT2D eigenvalue weighted by Gasteiger charge is 2.18. The number of unbranched alkanes of at least 4 members (excludes halogenated alkanes) is 2. The van der Waals surface area contributed by atoms with E-state index in [9.17, 15) is 10.2 Å². The number of nitrogens with zero attached hydrogens (tertiary/aromatic N) is 6. The highest BCUT2D eigenvalue weighted by Crippen LogP contribution is 2.36. The molecule has 0 amide bonds. The summed E-state index contributed by atoms with van der Waals surface area (Å²) in [6, 6.07) is 19.5. The summed E-state index contributed by atoms with van der Waals surface area (Å²) in [6.07, 6.45) is 12.2. The third-order valence-corrected chi connectivity index (χ3v) is 8.87. The van der Waals surface area contributed by atoms with Crippen molar-refractivity contribution in [2.24, 2.45) is 11.8 Å². The number of aromatic hydroxyl groups is 2. The Hall–Kier alpha value is -5.32. The molecule has 0 saturated heterocycles. The minimum absolute atomic E-state index is 0.00143. The molecule has 0 bridgehead atoms. The van der Waals surface area contributed by atoms with Crippen molar-refractivity contribution < 1.29 is 24.4 Å². The van der Waals surface area contributed by atoms with Gasteiger partial charge in [0.25, 0.3) is 0 Å². The van der Waals surface area contributed by atoms with Gasteiger partial charge in [-0.1, -0.05) is 66.2 Å². The van der Waals surface area contributed by atoms with Gasteiger partial charge in [0.15, 0.2) is 17.5 Å². The molecule has 0 aliphatic carbocycles. The van der Waals surface area contributed by atoms with Crippen LogP contribution < -0.4 is 14.2 Å². The lowest BCUT2D eigenvalue weighted by molar-refractivity contribution is 0.232. The van der Waals surface area contributed by atoms with Gasteiger partial charge < -0.3 is 24.4 Å². The molecule has 0 saturated carbocycles. The van der Waals surface area contributed by atoms with Gasteiger partial charge in [-0.2, -0.15) is 0 Å². The number of rotatable bonds is 18. The van der Waals surface area contributed by atoms with Crippen molar-refractivity contribution in [3.05, 3.63) is 79.1 Å². The van der Waals surface area contributed by atoms with E-state index in [4.69, 9.17) is 29.2 Å². The maximum Gasteiger partial charge on any atom is 0.167 e. The summed E-state index contributed by atoms with van der Waals surface area (Å²) >= 11 is 0. The molecule has 2 unspecified atom stereocenters. The van der Waals surface area contributed by atoms with Crippen LogP contribution in [0.4, 0.5) is 0 Å². The summed E-state index contributed by atoms with van der Waals surface area (Å²) in [5.41, 5.74) is 1.60. The van der Waals surface area contributed by atoms with Gasteiger partial charge in [-0.25, -0.2) is 15.0 Å². The number of phenols is 2. The lowest BCUT2D eigenvalue weighted by Crippen LogP contribution is -2.11. The van der Waals surface area contributed by atoms with Crippen LogP contribution in [-0.4, -0.2) is 60.9 Å². The van der Waals surface area contributed by atoms with Crippen LogP contribution in [0.2, 0.25) is 0 Å². The van der Waals surface area contributed by atoms with Gasteiger partial charge in [-0.05, 0) is 84.5 Å². The van der Waals surface area contributed by atoms with Crippen LogP contribution in [0.3, 0.4) is 0 Å². The Morgan fingerprint density at radius 1 is 0.596 bits per heavy atom. The maximum absolute atomic E-state index is 11.1. The van der Waals surface area contributed by atoms with Gasteiger partial charge in [0.05, 0.1) is 43.8 Å². The number of methoxy groups -OCH3 is 1. The highest BCUT2D eigenvalue weighted by molar-refractivity contribution is 5.72. The molecule has 2 aromatic heterocycles. The summed E-state index contributed by atoms with van der Waals surface area (Å²) in [5.74, 6) is 3.77. The van der Waals surface area contributed by atoms with Crippen LogP contribution >= 0.6 is 0 Å². The molecular formula is C41H52N6O5. The third-order valence-electron chi connectivity index (χ3n) is 8.87. The molecule has 11 heteroatoms. The zero-order valence-electron chi connectivity index (χ0n) is 31.0. The first-order valence-electron chi connectivity index (χ1n) is 18.3. The minimum Gasteiger partial charge on any atom is -0.507 e. The summed E-state index contributed by atoms with van der Waals surface area (Å²) < 4.78 is 17.4. The fourth-order valence-electron chi connectivity index (χ4n) is 5.50. The SMILES string of the molecule is CCCCC(CC)COc1ccc(-c2nc(-c3ccc(OC)cc3)nc(-c3ccc(OCC(CC)CCCC)cc3O)n2)c(O)c1.c1cnnnc1. The highest BCUT2D eigenvalue weighted by atomic mass is 16.5. The molecule has 3 aromatic carbocycles. The summed E-state index contributed by atoms with van der Waals surface area (Å²) in [7, 11) is 1.61. The Kier molecular flexibility index (Phi) is 16.0. The molecule has 0 aliphatic rings. The number of benzene rings is 3. The van der Waals surface area contributed by atoms with E-state index in [0.29, 0.717) is 59.2 Å². The second kappa shape index (κ2) is 21.1. The van der Waals surface area contributed by atoms with E-state index in [1.807, 2.05) is 36.4 Å². The van der Waals surface area contributed by atoms with Crippen LogP contribution in [0, 0.1) is 11.8 Å². The molecule has 5 aromatic rings. The lowest BCUT2D eigenvalue weighted by atomic mass is 10.0. The Balaban J connectivity index is 0.000000913. The summed E-state index contributed by atoms with van der Waals surface area (Å²) in [4.78, 5) is 14.2. The third kappa shape index (κ3) is 11.9. The molecule has 52 heavy (non-hydrogen) atoms. The van der Waals surface area contributed by atoms with Gasteiger partial charge in [-0.3, -0.25) is 0 Å². The molecule has 0 spiro atoms. The number of phenolic OH excluding ortho intramolecular Hbond substituents is 2. The van der Waals surface area contributed by atoms with Crippen LogP contribution in [-0.2, 0) is 0 Å². The van der Waals surface area contributed by atoms with Crippen molar-refractivity contribution in [3.8, 4) is 62.9 Å². The van der Waals surface area contributed by atoms with E-state index in [1.54, 1.807) is 49.8 Å². The molecule has 5 rings (SSSR count). The van der Waals surface area contributed by atoms with Crippen LogP contribution in [0.25, 0.3) is 34.2 Å². The first-order chi connectivity index (χ1) is 25.4. The molecule has 2 N–H and O–H groups in total. The Bertz CT molecular complexity index is 1660. The molecule has 2 heterocycles. The van der Waals surface area contributed by atoms with Gasteiger partial charge >= 0.3 is 0 Å². The van der Waals surface area contributed by atoms with E-state index >= 15 is 0 Å². The minimum atomic E-state index is -0.00143. The predicted octanol–water partition coefficient (Wildman–Crippen LogP) is 9.35. The largest absolute Gasteiger partial charge is 0.507 e. The topological polar surface area (TPSA) is 145 Å². The number of ether oxygens (including phenoxy) is 3. The summed E-state index contributed by atoms with van der Waals surface area (Å²) in [6.45, 7) is 9.95. The molecule has 0 radical (unpaired) electrons. The molecule has 0 aliphatic heterocycles. The zero-order chi connectivity index (χ0) is 37.1. The van der Waals surface area contributed by atoms with Crippen molar-refractivity contribution in [2.75, 3.05) is 20.3 Å². The second-order valence-corrected chi connectivity index (χ2v) is 12.7.